The maximum Gasteiger partial charge on any atom is 0.279 e. The normalized spacial score (nSPS) is 12.3. The Morgan fingerprint density at radius 3 is 2.68 bits per heavy atom. The Kier molecular flexibility index (Phi) is 7.58. The molecular formula is C25H33N4O2+. The molecule has 6 nitrogen and oxygen atoms in total. The molecule has 3 rings (SSSR count). The number of aromatic amines is 1. The summed E-state index contributed by atoms with van der Waals surface area (Å²) in [5.74, 6) is 0.914. The van der Waals surface area contributed by atoms with Gasteiger partial charge in [0.25, 0.3) is 11.5 Å². The fraction of sp³-hybridized carbons (Fsp3) is 0.400. The van der Waals surface area contributed by atoms with Gasteiger partial charge in [-0.25, -0.2) is 4.98 Å². The topological polar surface area (TPSA) is 79.3 Å². The van der Waals surface area contributed by atoms with Crippen LogP contribution < -0.4 is 15.8 Å². The molecule has 0 saturated heterocycles. The zero-order valence-corrected chi connectivity index (χ0v) is 18.9. The van der Waals surface area contributed by atoms with Crippen LogP contribution in [-0.4, -0.2) is 29.0 Å². The van der Waals surface area contributed by atoms with Crippen LogP contribution in [0, 0.1) is 6.92 Å². The monoisotopic (exact) mass is 421 g/mol. The number of amides is 1. The molecule has 31 heavy (non-hydrogen) atoms. The number of quaternary nitrogens is 1. The molecule has 0 radical (unpaired) electrons. The Bertz CT molecular complexity index is 1100. The Morgan fingerprint density at radius 2 is 1.94 bits per heavy atom. The summed E-state index contributed by atoms with van der Waals surface area (Å²) in [6.45, 7) is 10.1. The largest absolute Gasteiger partial charge is 0.321 e. The third kappa shape index (κ3) is 5.79. The lowest BCUT2D eigenvalue weighted by Crippen LogP contribution is -3.12. The van der Waals surface area contributed by atoms with Crippen molar-refractivity contribution in [2.45, 2.75) is 53.0 Å². The minimum atomic E-state index is -0.138. The SMILES string of the molecule is CCCC[NH+](CC(=O)Nc1c(C)cccc1C(C)C)Cc1nc2ccccc2c(=O)[nH]1. The van der Waals surface area contributed by atoms with E-state index in [1.165, 1.54) is 0 Å². The van der Waals surface area contributed by atoms with E-state index in [4.69, 9.17) is 0 Å². The molecule has 3 N–H and O–H groups in total. The van der Waals surface area contributed by atoms with Gasteiger partial charge in [-0.3, -0.25) is 9.59 Å². The first-order valence-corrected chi connectivity index (χ1v) is 11.1. The van der Waals surface area contributed by atoms with E-state index in [1.807, 2.05) is 37.3 Å². The second kappa shape index (κ2) is 10.4. The van der Waals surface area contributed by atoms with Crippen molar-refractivity contribution in [2.75, 3.05) is 18.4 Å². The highest BCUT2D eigenvalue weighted by atomic mass is 16.2. The first-order valence-electron chi connectivity index (χ1n) is 11.1. The van der Waals surface area contributed by atoms with E-state index in [0.717, 1.165) is 41.1 Å². The highest BCUT2D eigenvalue weighted by Crippen LogP contribution is 2.27. The number of hydrogen-bond donors (Lipinski definition) is 3. The summed E-state index contributed by atoms with van der Waals surface area (Å²) >= 11 is 0. The van der Waals surface area contributed by atoms with Crippen molar-refractivity contribution in [3.63, 3.8) is 0 Å². The van der Waals surface area contributed by atoms with Crippen LogP contribution in [-0.2, 0) is 11.3 Å². The van der Waals surface area contributed by atoms with E-state index < -0.39 is 0 Å². The predicted octanol–water partition coefficient (Wildman–Crippen LogP) is 3.18. The number of nitrogens with one attached hydrogen (secondary N) is 3. The van der Waals surface area contributed by atoms with Gasteiger partial charge >= 0.3 is 0 Å². The van der Waals surface area contributed by atoms with Crippen LogP contribution in [0.4, 0.5) is 5.69 Å². The molecule has 0 aliphatic rings. The van der Waals surface area contributed by atoms with Crippen LogP contribution in [0.2, 0.25) is 0 Å². The van der Waals surface area contributed by atoms with E-state index in [-0.39, 0.29) is 11.5 Å². The van der Waals surface area contributed by atoms with Crippen molar-refractivity contribution in [3.8, 4) is 0 Å². The number of nitrogens with zero attached hydrogens (tertiary/aromatic N) is 1. The predicted molar refractivity (Wildman–Crippen MR) is 126 cm³/mol. The van der Waals surface area contributed by atoms with Crippen molar-refractivity contribution in [3.05, 3.63) is 69.8 Å². The zero-order valence-electron chi connectivity index (χ0n) is 18.9. The van der Waals surface area contributed by atoms with Gasteiger partial charge in [0.05, 0.1) is 17.4 Å². The minimum absolute atomic E-state index is 0.0227. The average molecular weight is 422 g/mol. The van der Waals surface area contributed by atoms with E-state index in [1.54, 1.807) is 6.07 Å². The zero-order chi connectivity index (χ0) is 22.4. The number of H-pyrrole nitrogens is 1. The molecule has 0 aliphatic carbocycles. The standard InChI is InChI=1S/C25H32N4O2/c1-5-6-14-29(15-22-26-21-13-8-7-11-20(21)25(31)27-22)16-23(30)28-24-18(4)10-9-12-19(24)17(2)3/h7-13,17H,5-6,14-16H2,1-4H3,(H,28,30)(H,26,27,31)/p+1. The summed E-state index contributed by atoms with van der Waals surface area (Å²) in [4.78, 5) is 34.0. The van der Waals surface area contributed by atoms with Crippen LogP contribution >= 0.6 is 0 Å². The van der Waals surface area contributed by atoms with Crippen molar-refractivity contribution >= 4 is 22.5 Å². The molecule has 6 heteroatoms. The van der Waals surface area contributed by atoms with Gasteiger partial charge in [0.15, 0.2) is 12.4 Å². The molecule has 1 atom stereocenters. The van der Waals surface area contributed by atoms with Gasteiger partial charge in [0, 0.05) is 5.69 Å². The molecule has 1 unspecified atom stereocenters. The van der Waals surface area contributed by atoms with Gasteiger partial charge in [-0.1, -0.05) is 57.5 Å². The van der Waals surface area contributed by atoms with E-state index in [9.17, 15) is 9.59 Å². The van der Waals surface area contributed by atoms with Crippen LogP contribution in [0.3, 0.4) is 0 Å². The lowest BCUT2D eigenvalue weighted by atomic mass is 9.98. The maximum atomic E-state index is 13.0. The quantitative estimate of drug-likeness (QED) is 0.496. The summed E-state index contributed by atoms with van der Waals surface area (Å²) in [6, 6.07) is 13.4. The molecule has 2 aromatic carbocycles. The summed E-state index contributed by atoms with van der Waals surface area (Å²) < 4.78 is 0. The van der Waals surface area contributed by atoms with Crippen molar-refractivity contribution in [1.82, 2.24) is 9.97 Å². The molecule has 0 saturated carbocycles. The average Bonchev–Trinajstić information content (AvgIpc) is 2.73. The molecule has 164 valence electrons. The van der Waals surface area contributed by atoms with Crippen LogP contribution in [0.5, 0.6) is 0 Å². The number of benzene rings is 2. The summed E-state index contributed by atoms with van der Waals surface area (Å²) in [6.07, 6.45) is 2.05. The lowest BCUT2D eigenvalue weighted by molar-refractivity contribution is -0.906. The first-order chi connectivity index (χ1) is 14.9. The number of hydrogen-bond acceptors (Lipinski definition) is 3. The number of carbonyl (C=O) groups excluding carboxylic acids is 1. The van der Waals surface area contributed by atoms with E-state index in [2.05, 4.69) is 42.1 Å². The Balaban J connectivity index is 1.78. The molecule has 1 amide bonds. The van der Waals surface area contributed by atoms with E-state index >= 15 is 0 Å². The molecule has 0 spiro atoms. The lowest BCUT2D eigenvalue weighted by Gasteiger charge is -2.20. The van der Waals surface area contributed by atoms with Crippen LogP contribution in [0.15, 0.2) is 47.3 Å². The molecular weight excluding hydrogens is 388 g/mol. The van der Waals surface area contributed by atoms with Gasteiger partial charge in [0.2, 0.25) is 0 Å². The van der Waals surface area contributed by atoms with Crippen molar-refractivity contribution in [2.24, 2.45) is 0 Å². The van der Waals surface area contributed by atoms with Crippen LogP contribution in [0.25, 0.3) is 10.9 Å². The molecule has 1 aromatic heterocycles. The van der Waals surface area contributed by atoms with Crippen molar-refractivity contribution < 1.29 is 9.69 Å². The number of para-hydroxylation sites is 2. The molecule has 0 bridgehead atoms. The first kappa shape index (κ1) is 22.7. The number of anilines is 1. The minimum Gasteiger partial charge on any atom is -0.321 e. The number of unbranched alkanes of at least 4 members (excludes halogenated alkanes) is 1. The van der Waals surface area contributed by atoms with Gasteiger partial charge in [-0.05, 0) is 42.5 Å². The molecule has 3 aromatic rings. The number of aromatic nitrogens is 2. The second-order valence-corrected chi connectivity index (χ2v) is 8.48. The Morgan fingerprint density at radius 1 is 1.16 bits per heavy atom. The maximum absolute atomic E-state index is 13.0. The number of carbonyl (C=O) groups is 1. The summed E-state index contributed by atoms with van der Waals surface area (Å²) in [5.41, 5.74) is 3.66. The Hall–Kier alpha value is -2.99. The highest BCUT2D eigenvalue weighted by molar-refractivity contribution is 5.93. The molecule has 0 aliphatic heterocycles. The number of aryl methyl sites for hydroxylation is 1. The highest BCUT2D eigenvalue weighted by Gasteiger charge is 2.19. The summed E-state index contributed by atoms with van der Waals surface area (Å²) in [7, 11) is 0. The van der Waals surface area contributed by atoms with E-state index in [0.29, 0.717) is 35.7 Å². The van der Waals surface area contributed by atoms with Gasteiger partial charge in [-0.2, -0.15) is 0 Å². The Labute approximate surface area is 183 Å². The third-order valence-electron chi connectivity index (χ3n) is 5.57. The van der Waals surface area contributed by atoms with Gasteiger partial charge in [-0.15, -0.1) is 0 Å². The van der Waals surface area contributed by atoms with Crippen LogP contribution in [0.1, 0.15) is 56.5 Å². The third-order valence-corrected chi connectivity index (χ3v) is 5.57. The van der Waals surface area contributed by atoms with Gasteiger partial charge < -0.3 is 15.2 Å². The van der Waals surface area contributed by atoms with Crippen molar-refractivity contribution in [1.29, 1.82) is 0 Å². The van der Waals surface area contributed by atoms with Gasteiger partial charge in [0.1, 0.15) is 6.54 Å². The number of fused-ring (bicyclic) bond motifs is 1. The number of rotatable bonds is 9. The summed E-state index contributed by atoms with van der Waals surface area (Å²) in [5, 5.41) is 3.72. The molecule has 0 fully saturated rings. The second-order valence-electron chi connectivity index (χ2n) is 8.48. The fourth-order valence-corrected chi connectivity index (χ4v) is 3.87. The fourth-order valence-electron chi connectivity index (χ4n) is 3.87. The smallest absolute Gasteiger partial charge is 0.279 e. The molecule has 1 heterocycles.